The van der Waals surface area contributed by atoms with Gasteiger partial charge in [0.1, 0.15) is 17.1 Å². The van der Waals surface area contributed by atoms with Crippen molar-refractivity contribution in [3.05, 3.63) is 23.2 Å². The van der Waals surface area contributed by atoms with E-state index < -0.39 is 5.97 Å². The quantitative estimate of drug-likeness (QED) is 0.775. The van der Waals surface area contributed by atoms with Gasteiger partial charge in [-0.25, -0.2) is 9.59 Å². The summed E-state index contributed by atoms with van der Waals surface area (Å²) in [6, 6.07) is 1.51. The van der Waals surface area contributed by atoms with Crippen molar-refractivity contribution in [3.63, 3.8) is 0 Å². The summed E-state index contributed by atoms with van der Waals surface area (Å²) in [5.41, 5.74) is 0.131. The van der Waals surface area contributed by atoms with Crippen LogP contribution in [0.15, 0.2) is 10.5 Å². The standard InChI is InChI=1S/C14H21N3O4/c1-9-12(13(18)19)7-11(21-9)8-16-14(20)17(2)10-3-5-15-6-4-10/h7,10,15H,3-6,8H2,1-2H3,(H,16,20)(H,18,19). The molecule has 1 aliphatic heterocycles. The maximum atomic E-state index is 12.1. The summed E-state index contributed by atoms with van der Waals surface area (Å²) < 4.78 is 5.33. The molecular formula is C14H21N3O4. The average Bonchev–Trinajstić information content (AvgIpc) is 2.86. The van der Waals surface area contributed by atoms with Gasteiger partial charge in [-0.1, -0.05) is 0 Å². The summed E-state index contributed by atoms with van der Waals surface area (Å²) in [5.74, 6) is -0.240. The van der Waals surface area contributed by atoms with Crippen LogP contribution in [0.5, 0.6) is 0 Å². The number of carbonyl (C=O) groups excluding carboxylic acids is 1. The highest BCUT2D eigenvalue weighted by molar-refractivity contribution is 5.88. The molecule has 1 aromatic heterocycles. The monoisotopic (exact) mass is 295 g/mol. The van der Waals surface area contributed by atoms with Crippen LogP contribution >= 0.6 is 0 Å². The summed E-state index contributed by atoms with van der Waals surface area (Å²) in [7, 11) is 1.78. The van der Waals surface area contributed by atoms with Gasteiger partial charge in [0.2, 0.25) is 0 Å². The van der Waals surface area contributed by atoms with Crippen LogP contribution in [0, 0.1) is 6.92 Å². The molecule has 1 fully saturated rings. The number of amides is 2. The van der Waals surface area contributed by atoms with Crippen molar-refractivity contribution >= 4 is 12.0 Å². The SMILES string of the molecule is Cc1oc(CNC(=O)N(C)C2CCNCC2)cc1C(=O)O. The summed E-state index contributed by atoms with van der Waals surface area (Å²) >= 11 is 0. The molecule has 1 saturated heterocycles. The van der Waals surface area contributed by atoms with Crippen molar-refractivity contribution in [3.8, 4) is 0 Å². The van der Waals surface area contributed by atoms with Gasteiger partial charge in [0.25, 0.3) is 0 Å². The van der Waals surface area contributed by atoms with Crippen molar-refractivity contribution in [2.24, 2.45) is 0 Å². The molecule has 0 aliphatic carbocycles. The van der Waals surface area contributed by atoms with Crippen LogP contribution in [0.2, 0.25) is 0 Å². The fourth-order valence-corrected chi connectivity index (χ4v) is 2.49. The minimum Gasteiger partial charge on any atom is -0.478 e. The van der Waals surface area contributed by atoms with Crippen molar-refractivity contribution in [1.29, 1.82) is 0 Å². The summed E-state index contributed by atoms with van der Waals surface area (Å²) in [6.45, 7) is 3.61. The molecule has 0 radical (unpaired) electrons. The fourth-order valence-electron chi connectivity index (χ4n) is 2.49. The van der Waals surface area contributed by atoms with Gasteiger partial charge in [-0.05, 0) is 38.9 Å². The van der Waals surface area contributed by atoms with Gasteiger partial charge in [-0.2, -0.15) is 0 Å². The second-order valence-corrected chi connectivity index (χ2v) is 5.24. The number of hydrogen-bond donors (Lipinski definition) is 3. The largest absolute Gasteiger partial charge is 0.478 e. The number of carbonyl (C=O) groups is 2. The number of carboxylic acids is 1. The highest BCUT2D eigenvalue weighted by Gasteiger charge is 2.22. The first-order valence-electron chi connectivity index (χ1n) is 7.03. The molecule has 0 bridgehead atoms. The van der Waals surface area contributed by atoms with Crippen LogP contribution in [-0.2, 0) is 6.54 Å². The van der Waals surface area contributed by atoms with Crippen LogP contribution < -0.4 is 10.6 Å². The van der Waals surface area contributed by atoms with Gasteiger partial charge in [0.05, 0.1) is 6.54 Å². The Labute approximate surface area is 123 Å². The molecule has 7 heteroatoms. The zero-order valence-electron chi connectivity index (χ0n) is 12.3. The lowest BCUT2D eigenvalue weighted by atomic mass is 10.1. The molecule has 3 N–H and O–H groups in total. The molecule has 2 rings (SSSR count). The molecule has 0 saturated carbocycles. The topological polar surface area (TPSA) is 94.8 Å². The number of hydrogen-bond acceptors (Lipinski definition) is 4. The Hall–Kier alpha value is -2.02. The number of carboxylic acid groups (broad SMARTS) is 1. The van der Waals surface area contributed by atoms with E-state index in [4.69, 9.17) is 9.52 Å². The van der Waals surface area contributed by atoms with E-state index in [1.807, 2.05) is 0 Å². The molecule has 0 unspecified atom stereocenters. The van der Waals surface area contributed by atoms with E-state index in [-0.39, 0.29) is 24.2 Å². The van der Waals surface area contributed by atoms with E-state index in [9.17, 15) is 9.59 Å². The molecule has 2 amide bonds. The Morgan fingerprint density at radius 2 is 2.14 bits per heavy atom. The Kier molecular flexibility index (Phi) is 4.85. The lowest BCUT2D eigenvalue weighted by molar-refractivity contribution is 0.0695. The normalized spacial score (nSPS) is 15.7. The Morgan fingerprint density at radius 3 is 2.71 bits per heavy atom. The number of aromatic carboxylic acids is 1. The maximum Gasteiger partial charge on any atom is 0.339 e. The van der Waals surface area contributed by atoms with Crippen LogP contribution in [-0.4, -0.2) is 48.2 Å². The first-order valence-corrected chi connectivity index (χ1v) is 7.03. The predicted molar refractivity (Wildman–Crippen MR) is 76.3 cm³/mol. The highest BCUT2D eigenvalue weighted by Crippen LogP contribution is 2.15. The summed E-state index contributed by atoms with van der Waals surface area (Å²) in [6.07, 6.45) is 1.87. The summed E-state index contributed by atoms with van der Waals surface area (Å²) in [4.78, 5) is 24.7. The third-order valence-corrected chi connectivity index (χ3v) is 3.79. The molecule has 116 valence electrons. The van der Waals surface area contributed by atoms with Gasteiger partial charge in [0.15, 0.2) is 0 Å². The zero-order valence-corrected chi connectivity index (χ0v) is 12.3. The van der Waals surface area contributed by atoms with Crippen LogP contribution in [0.25, 0.3) is 0 Å². The lowest BCUT2D eigenvalue weighted by Crippen LogP contribution is -2.47. The molecular weight excluding hydrogens is 274 g/mol. The molecule has 0 spiro atoms. The predicted octanol–water partition coefficient (Wildman–Crippen LogP) is 1.18. The molecule has 2 heterocycles. The number of urea groups is 1. The van der Waals surface area contributed by atoms with E-state index in [1.54, 1.807) is 18.9 Å². The number of nitrogens with one attached hydrogen (secondary N) is 2. The maximum absolute atomic E-state index is 12.1. The number of nitrogens with zero attached hydrogens (tertiary/aromatic N) is 1. The van der Waals surface area contributed by atoms with Crippen LogP contribution in [0.4, 0.5) is 4.79 Å². The Balaban J connectivity index is 1.88. The molecule has 1 aliphatic rings. The van der Waals surface area contributed by atoms with Crippen LogP contribution in [0.1, 0.15) is 34.7 Å². The minimum atomic E-state index is -1.03. The second kappa shape index (κ2) is 6.62. The third-order valence-electron chi connectivity index (χ3n) is 3.79. The zero-order chi connectivity index (χ0) is 15.4. The van der Waals surface area contributed by atoms with Gasteiger partial charge in [-0.3, -0.25) is 0 Å². The lowest BCUT2D eigenvalue weighted by Gasteiger charge is -2.31. The van der Waals surface area contributed by atoms with E-state index in [2.05, 4.69) is 10.6 Å². The minimum absolute atomic E-state index is 0.131. The second-order valence-electron chi connectivity index (χ2n) is 5.24. The third kappa shape index (κ3) is 3.75. The first kappa shape index (κ1) is 15.4. The Morgan fingerprint density at radius 1 is 1.48 bits per heavy atom. The van der Waals surface area contributed by atoms with E-state index in [0.717, 1.165) is 25.9 Å². The summed E-state index contributed by atoms with van der Waals surface area (Å²) in [5, 5.41) is 15.0. The average molecular weight is 295 g/mol. The molecule has 0 aromatic carbocycles. The van der Waals surface area contributed by atoms with Crippen molar-refractivity contribution in [2.75, 3.05) is 20.1 Å². The van der Waals surface area contributed by atoms with Gasteiger partial charge in [-0.15, -0.1) is 0 Å². The number of piperidine rings is 1. The van der Waals surface area contributed by atoms with E-state index in [0.29, 0.717) is 11.5 Å². The molecule has 0 atom stereocenters. The van der Waals surface area contributed by atoms with Crippen molar-refractivity contribution in [2.45, 2.75) is 32.4 Å². The highest BCUT2D eigenvalue weighted by atomic mass is 16.4. The Bertz CT molecular complexity index is 520. The molecule has 21 heavy (non-hydrogen) atoms. The first-order chi connectivity index (χ1) is 9.99. The smallest absolute Gasteiger partial charge is 0.339 e. The number of aryl methyl sites for hydroxylation is 1. The molecule has 7 nitrogen and oxygen atoms in total. The van der Waals surface area contributed by atoms with Crippen molar-refractivity contribution < 1.29 is 19.1 Å². The van der Waals surface area contributed by atoms with Crippen molar-refractivity contribution in [1.82, 2.24) is 15.5 Å². The van der Waals surface area contributed by atoms with Gasteiger partial charge >= 0.3 is 12.0 Å². The van der Waals surface area contributed by atoms with E-state index in [1.165, 1.54) is 6.07 Å². The fraction of sp³-hybridized carbons (Fsp3) is 0.571. The number of furan rings is 1. The van der Waals surface area contributed by atoms with Gasteiger partial charge < -0.3 is 25.1 Å². The number of rotatable bonds is 4. The van der Waals surface area contributed by atoms with E-state index >= 15 is 0 Å². The molecule has 1 aromatic rings. The van der Waals surface area contributed by atoms with Gasteiger partial charge in [0, 0.05) is 13.1 Å². The van der Waals surface area contributed by atoms with Crippen LogP contribution in [0.3, 0.4) is 0 Å².